The molecule has 9 heteroatoms. The van der Waals surface area contributed by atoms with Crippen LogP contribution in [0.5, 0.6) is 5.75 Å². The van der Waals surface area contributed by atoms with E-state index in [1.807, 2.05) is 6.92 Å². The van der Waals surface area contributed by atoms with Crippen LogP contribution in [-0.4, -0.2) is 29.5 Å². The van der Waals surface area contributed by atoms with Gasteiger partial charge in [-0.25, -0.2) is 4.79 Å². The van der Waals surface area contributed by atoms with E-state index in [4.69, 9.17) is 11.6 Å². The maximum Gasteiger partial charge on any atom is 0.339 e. The van der Waals surface area contributed by atoms with Gasteiger partial charge < -0.3 is 10.2 Å². The van der Waals surface area contributed by atoms with Crippen molar-refractivity contribution in [3.8, 4) is 5.75 Å². The number of hydrogen-bond donors (Lipinski definition) is 2. The van der Waals surface area contributed by atoms with Gasteiger partial charge in [-0.1, -0.05) is 42.8 Å². The van der Waals surface area contributed by atoms with Gasteiger partial charge in [0.2, 0.25) is 10.3 Å². The lowest BCUT2D eigenvalue weighted by Crippen LogP contribution is -2.08. The zero-order valence-electron chi connectivity index (χ0n) is 14.7. The van der Waals surface area contributed by atoms with Crippen molar-refractivity contribution in [2.75, 3.05) is 0 Å². The van der Waals surface area contributed by atoms with Crippen molar-refractivity contribution in [2.45, 2.75) is 19.8 Å². The number of hydrogen-bond acceptors (Lipinski definition) is 6. The molecule has 0 bridgehead atoms. The number of carboxylic acid groups (broad SMARTS) is 1. The van der Waals surface area contributed by atoms with Crippen LogP contribution in [0.15, 0.2) is 62.9 Å². The topological polar surface area (TPSA) is 116 Å². The molecule has 0 spiro atoms. The Hall–Kier alpha value is -2.97. The van der Waals surface area contributed by atoms with Crippen LogP contribution in [0.25, 0.3) is 10.8 Å². The summed E-state index contributed by atoms with van der Waals surface area (Å²) in [4.78, 5) is 11.4. The van der Waals surface area contributed by atoms with Gasteiger partial charge in [-0.05, 0) is 29.5 Å². The lowest BCUT2D eigenvalue weighted by Gasteiger charge is -2.13. The first kappa shape index (κ1) is 19.8. The minimum Gasteiger partial charge on any atom is -0.505 e. The minimum atomic E-state index is -2.55. The normalized spacial score (nSPS) is 14.6. The summed E-state index contributed by atoms with van der Waals surface area (Å²) in [5, 5.41) is 29.2. The molecule has 28 heavy (non-hydrogen) atoms. The molecule has 0 saturated heterocycles. The number of phenols is 1. The van der Waals surface area contributed by atoms with Crippen LogP contribution in [0, 0.1) is 0 Å². The maximum atomic E-state index is 11.6. The van der Waals surface area contributed by atoms with Crippen molar-refractivity contribution in [1.29, 1.82) is 0 Å². The summed E-state index contributed by atoms with van der Waals surface area (Å²) in [7, 11) is -2.55. The number of nitrogens with zero attached hydrogens (tertiary/aromatic N) is 2. The Morgan fingerprint density at radius 2 is 1.96 bits per heavy atom. The molecule has 0 fully saturated rings. The van der Waals surface area contributed by atoms with E-state index in [1.165, 1.54) is 12.1 Å². The summed E-state index contributed by atoms with van der Waals surface area (Å²) in [6.45, 7) is 1.87. The molecule has 2 aromatic rings. The maximum absolute atomic E-state index is 11.6. The molecule has 2 N–H and O–H groups in total. The number of halogens is 1. The monoisotopic (exact) mass is 418 g/mol. The van der Waals surface area contributed by atoms with E-state index in [1.54, 1.807) is 24.3 Å². The number of carboxylic acids is 1. The van der Waals surface area contributed by atoms with E-state index < -0.39 is 22.0 Å². The second-order valence-electron chi connectivity index (χ2n) is 6.00. The number of azo groups is 1. The number of allylic oxidation sites excluding steroid dienone is 4. The second kappa shape index (κ2) is 7.95. The highest BCUT2D eigenvalue weighted by molar-refractivity contribution is 7.73. The van der Waals surface area contributed by atoms with Gasteiger partial charge in [0, 0.05) is 16.8 Å². The van der Waals surface area contributed by atoms with Crippen molar-refractivity contribution >= 4 is 49.2 Å². The number of rotatable bonds is 4. The Kier molecular flexibility index (Phi) is 5.62. The number of carbonyl (C=O) groups is 1. The quantitative estimate of drug-likeness (QED) is 0.557. The Balaban J connectivity index is 2.21. The fourth-order valence-corrected chi connectivity index (χ4v) is 3.81. The van der Waals surface area contributed by atoms with Gasteiger partial charge in [0.1, 0.15) is 21.8 Å². The molecule has 3 rings (SSSR count). The third-order valence-electron chi connectivity index (χ3n) is 4.33. The fourth-order valence-electron chi connectivity index (χ4n) is 2.88. The summed E-state index contributed by atoms with van der Waals surface area (Å²) >= 11 is 6.13. The van der Waals surface area contributed by atoms with Crippen LogP contribution in [0.3, 0.4) is 0 Å². The lowest BCUT2D eigenvalue weighted by atomic mass is 10.0. The van der Waals surface area contributed by atoms with E-state index in [9.17, 15) is 23.4 Å². The Bertz CT molecular complexity index is 1220. The summed E-state index contributed by atoms with van der Waals surface area (Å²) < 4.78 is 23.1. The van der Waals surface area contributed by atoms with Gasteiger partial charge in [-0.2, -0.15) is 8.42 Å². The SMILES string of the molecule is CCC1=C(Cl)CC(=S(=O)=O)C(N=Nc2c(O)c(C(=O)O)cc3ccccc23)=C1. The predicted octanol–water partition coefficient (Wildman–Crippen LogP) is 4.57. The van der Waals surface area contributed by atoms with Gasteiger partial charge in [0.05, 0.1) is 0 Å². The number of aromatic carboxylic acids is 1. The third kappa shape index (κ3) is 3.69. The van der Waals surface area contributed by atoms with Crippen LogP contribution >= 0.6 is 11.6 Å². The molecule has 0 unspecified atom stereocenters. The molecule has 0 saturated carbocycles. The van der Waals surface area contributed by atoms with Crippen molar-refractivity contribution < 1.29 is 23.4 Å². The predicted molar refractivity (Wildman–Crippen MR) is 107 cm³/mol. The first-order valence-electron chi connectivity index (χ1n) is 8.27. The van der Waals surface area contributed by atoms with E-state index in [0.717, 1.165) is 5.57 Å². The van der Waals surface area contributed by atoms with Crippen molar-refractivity contribution in [2.24, 2.45) is 10.2 Å². The van der Waals surface area contributed by atoms with Crippen molar-refractivity contribution in [3.05, 3.63) is 58.3 Å². The molecule has 1 aliphatic carbocycles. The van der Waals surface area contributed by atoms with Gasteiger partial charge in [0.15, 0.2) is 5.75 Å². The van der Waals surface area contributed by atoms with Crippen LogP contribution in [0.2, 0.25) is 0 Å². The van der Waals surface area contributed by atoms with Crippen LogP contribution in [0.1, 0.15) is 30.1 Å². The van der Waals surface area contributed by atoms with E-state index in [2.05, 4.69) is 10.2 Å². The first-order chi connectivity index (χ1) is 13.3. The van der Waals surface area contributed by atoms with E-state index in [-0.39, 0.29) is 28.2 Å². The second-order valence-corrected chi connectivity index (χ2v) is 7.41. The molecule has 0 amide bonds. The van der Waals surface area contributed by atoms with Crippen LogP contribution < -0.4 is 0 Å². The lowest BCUT2D eigenvalue weighted by molar-refractivity contribution is 0.0694. The van der Waals surface area contributed by atoms with Crippen molar-refractivity contribution in [1.82, 2.24) is 0 Å². The number of benzene rings is 2. The molecule has 0 atom stereocenters. The highest BCUT2D eigenvalue weighted by Gasteiger charge is 2.21. The summed E-state index contributed by atoms with van der Waals surface area (Å²) in [5.74, 6) is -1.85. The number of aromatic hydroxyl groups is 1. The zero-order chi connectivity index (χ0) is 20.4. The van der Waals surface area contributed by atoms with Crippen LogP contribution in [0.4, 0.5) is 5.69 Å². The average Bonchev–Trinajstić information content (AvgIpc) is 2.67. The zero-order valence-corrected chi connectivity index (χ0v) is 16.3. The number of fused-ring (bicyclic) bond motifs is 1. The van der Waals surface area contributed by atoms with Gasteiger partial charge in [0.25, 0.3) is 0 Å². The van der Waals surface area contributed by atoms with E-state index >= 15 is 0 Å². The van der Waals surface area contributed by atoms with E-state index in [0.29, 0.717) is 22.2 Å². The van der Waals surface area contributed by atoms with Crippen LogP contribution in [-0.2, 0) is 10.3 Å². The third-order valence-corrected chi connectivity index (χ3v) is 5.46. The summed E-state index contributed by atoms with van der Waals surface area (Å²) in [5.41, 5.74) is 0.460. The summed E-state index contributed by atoms with van der Waals surface area (Å²) in [6, 6.07) is 8.12. The smallest absolute Gasteiger partial charge is 0.339 e. The molecule has 2 aromatic carbocycles. The fraction of sp³-hybridized carbons (Fsp3) is 0.158. The standard InChI is InChI=1S/C19H15ClN2O5S/c1-2-10-8-15(16(28(26)27)9-14(10)20)21-22-17-12-6-4-3-5-11(12)7-13(18(17)23)19(24)25/h3-8,23H,2,9H2,1H3,(H,24,25). The molecule has 1 aliphatic rings. The minimum absolute atomic E-state index is 0.00753. The first-order valence-corrected chi connectivity index (χ1v) is 9.73. The Labute approximate surface area is 166 Å². The molecule has 0 aliphatic heterocycles. The Morgan fingerprint density at radius 1 is 1.25 bits per heavy atom. The van der Waals surface area contributed by atoms with Crippen molar-refractivity contribution in [3.63, 3.8) is 0 Å². The molecule has 0 heterocycles. The van der Waals surface area contributed by atoms with Gasteiger partial charge >= 0.3 is 5.97 Å². The molecule has 144 valence electrons. The van der Waals surface area contributed by atoms with Gasteiger partial charge in [-0.15, -0.1) is 10.2 Å². The largest absolute Gasteiger partial charge is 0.505 e. The Morgan fingerprint density at radius 3 is 2.61 bits per heavy atom. The molecular weight excluding hydrogens is 404 g/mol. The van der Waals surface area contributed by atoms with Gasteiger partial charge in [-0.3, -0.25) is 0 Å². The molecule has 0 aromatic heterocycles. The molecule has 7 nitrogen and oxygen atoms in total. The average molecular weight is 419 g/mol. The molecule has 0 radical (unpaired) electrons. The summed E-state index contributed by atoms with van der Waals surface area (Å²) in [6.07, 6.45) is 2.12. The highest BCUT2D eigenvalue weighted by atomic mass is 35.5. The highest BCUT2D eigenvalue weighted by Crippen LogP contribution is 2.39. The molecular formula is C19H15ClN2O5S.